The lowest BCUT2D eigenvalue weighted by molar-refractivity contribution is 0.102. The second-order valence-electron chi connectivity index (χ2n) is 5.46. The highest BCUT2D eigenvalue weighted by molar-refractivity contribution is 6.05. The number of carbonyl (C=O) groups excluding carboxylic acids is 1. The SMILES string of the molecule is COc1ccc(-c2cnoc2NC(=O)c2cccc(C)c2)cc1OC. The van der Waals surface area contributed by atoms with Gasteiger partial charge in [-0.05, 0) is 36.8 Å². The standard InChI is InChI=1S/C19H18N2O4/c1-12-5-4-6-14(9-12)18(22)21-19-15(11-20-25-19)13-7-8-16(23-2)17(10-13)24-3/h4-11H,1-3H3,(H,21,22). The third-order valence-corrected chi connectivity index (χ3v) is 3.77. The molecule has 0 aliphatic carbocycles. The Morgan fingerprint density at radius 2 is 1.88 bits per heavy atom. The molecule has 0 radical (unpaired) electrons. The third kappa shape index (κ3) is 3.47. The van der Waals surface area contributed by atoms with Crippen molar-refractivity contribution >= 4 is 11.8 Å². The molecule has 2 aromatic carbocycles. The number of aromatic nitrogens is 1. The summed E-state index contributed by atoms with van der Waals surface area (Å²) in [6.07, 6.45) is 1.55. The summed E-state index contributed by atoms with van der Waals surface area (Å²) in [7, 11) is 3.14. The monoisotopic (exact) mass is 338 g/mol. The fourth-order valence-corrected chi connectivity index (χ4v) is 2.50. The molecular weight excluding hydrogens is 320 g/mol. The molecule has 0 aliphatic heterocycles. The van der Waals surface area contributed by atoms with Gasteiger partial charge in [0.25, 0.3) is 5.91 Å². The fraction of sp³-hybridized carbons (Fsp3) is 0.158. The summed E-state index contributed by atoms with van der Waals surface area (Å²) in [5, 5.41) is 6.56. The molecule has 128 valence electrons. The van der Waals surface area contributed by atoms with Crippen molar-refractivity contribution in [3.8, 4) is 22.6 Å². The second kappa shape index (κ2) is 7.09. The Balaban J connectivity index is 1.89. The highest BCUT2D eigenvalue weighted by atomic mass is 16.5. The van der Waals surface area contributed by atoms with Gasteiger partial charge in [-0.2, -0.15) is 0 Å². The summed E-state index contributed by atoms with van der Waals surface area (Å²) < 4.78 is 15.8. The molecule has 3 rings (SSSR count). The van der Waals surface area contributed by atoms with Gasteiger partial charge in [0, 0.05) is 5.56 Å². The number of anilines is 1. The van der Waals surface area contributed by atoms with Gasteiger partial charge in [-0.1, -0.05) is 28.9 Å². The van der Waals surface area contributed by atoms with Crippen LogP contribution >= 0.6 is 0 Å². The predicted molar refractivity (Wildman–Crippen MR) is 94.2 cm³/mol. The molecule has 0 spiro atoms. The van der Waals surface area contributed by atoms with Gasteiger partial charge in [0.05, 0.1) is 26.0 Å². The number of hydrogen-bond donors (Lipinski definition) is 1. The van der Waals surface area contributed by atoms with E-state index in [9.17, 15) is 4.79 Å². The molecule has 0 aliphatic rings. The molecule has 1 amide bonds. The lowest BCUT2D eigenvalue weighted by Crippen LogP contribution is -2.12. The Bertz CT molecular complexity index is 902. The fourth-order valence-electron chi connectivity index (χ4n) is 2.50. The van der Waals surface area contributed by atoms with Crippen LogP contribution in [0.4, 0.5) is 5.88 Å². The normalized spacial score (nSPS) is 10.4. The molecule has 0 fully saturated rings. The average molecular weight is 338 g/mol. The van der Waals surface area contributed by atoms with Crippen molar-refractivity contribution in [1.82, 2.24) is 5.16 Å². The van der Waals surface area contributed by atoms with Crippen molar-refractivity contribution in [2.45, 2.75) is 6.92 Å². The summed E-state index contributed by atoms with van der Waals surface area (Å²) in [5.41, 5.74) is 3.00. The first-order valence-corrected chi connectivity index (χ1v) is 7.67. The van der Waals surface area contributed by atoms with E-state index in [1.807, 2.05) is 31.2 Å². The number of nitrogens with one attached hydrogen (secondary N) is 1. The van der Waals surface area contributed by atoms with Crippen LogP contribution in [-0.4, -0.2) is 25.3 Å². The molecule has 0 atom stereocenters. The Morgan fingerprint density at radius 1 is 1.08 bits per heavy atom. The molecule has 0 unspecified atom stereocenters. The number of rotatable bonds is 5. The smallest absolute Gasteiger partial charge is 0.258 e. The van der Waals surface area contributed by atoms with Gasteiger partial charge < -0.3 is 14.0 Å². The number of aryl methyl sites for hydroxylation is 1. The Hall–Kier alpha value is -3.28. The van der Waals surface area contributed by atoms with Crippen molar-refractivity contribution in [3.05, 3.63) is 59.8 Å². The van der Waals surface area contributed by atoms with Crippen LogP contribution in [0.15, 0.2) is 53.2 Å². The van der Waals surface area contributed by atoms with Crippen molar-refractivity contribution in [3.63, 3.8) is 0 Å². The minimum absolute atomic E-state index is 0.262. The van der Waals surface area contributed by atoms with Crippen molar-refractivity contribution in [2.24, 2.45) is 0 Å². The van der Waals surface area contributed by atoms with Crippen LogP contribution in [0.5, 0.6) is 11.5 Å². The van der Waals surface area contributed by atoms with Gasteiger partial charge in [0.15, 0.2) is 11.5 Å². The quantitative estimate of drug-likeness (QED) is 0.763. The van der Waals surface area contributed by atoms with Crippen LogP contribution in [0.1, 0.15) is 15.9 Å². The van der Waals surface area contributed by atoms with E-state index in [0.717, 1.165) is 11.1 Å². The third-order valence-electron chi connectivity index (χ3n) is 3.77. The molecule has 1 N–H and O–H groups in total. The van der Waals surface area contributed by atoms with E-state index in [4.69, 9.17) is 14.0 Å². The number of amides is 1. The van der Waals surface area contributed by atoms with Crippen LogP contribution in [0.3, 0.4) is 0 Å². The van der Waals surface area contributed by atoms with Gasteiger partial charge in [-0.15, -0.1) is 0 Å². The van der Waals surface area contributed by atoms with Gasteiger partial charge in [-0.3, -0.25) is 10.1 Å². The Labute approximate surface area is 145 Å². The van der Waals surface area contributed by atoms with Crippen LogP contribution in [0.2, 0.25) is 0 Å². The zero-order valence-corrected chi connectivity index (χ0v) is 14.2. The first-order valence-electron chi connectivity index (χ1n) is 7.67. The van der Waals surface area contributed by atoms with Crippen LogP contribution < -0.4 is 14.8 Å². The lowest BCUT2D eigenvalue weighted by Gasteiger charge is -2.09. The van der Waals surface area contributed by atoms with E-state index in [1.54, 1.807) is 38.6 Å². The first kappa shape index (κ1) is 16.6. The molecule has 0 saturated heterocycles. The predicted octanol–water partition coefficient (Wildman–Crippen LogP) is 3.92. The van der Waals surface area contributed by atoms with Crippen LogP contribution in [0, 0.1) is 6.92 Å². The minimum atomic E-state index is -0.262. The maximum atomic E-state index is 12.4. The number of nitrogens with zero attached hydrogens (tertiary/aromatic N) is 1. The number of methoxy groups -OCH3 is 2. The first-order chi connectivity index (χ1) is 12.1. The molecule has 25 heavy (non-hydrogen) atoms. The largest absolute Gasteiger partial charge is 0.493 e. The molecule has 0 saturated carbocycles. The molecular formula is C19H18N2O4. The zero-order valence-electron chi connectivity index (χ0n) is 14.2. The topological polar surface area (TPSA) is 73.6 Å². The summed E-state index contributed by atoms with van der Waals surface area (Å²) in [4.78, 5) is 12.4. The molecule has 6 heteroatoms. The van der Waals surface area contributed by atoms with Crippen LogP contribution in [-0.2, 0) is 0 Å². The van der Waals surface area contributed by atoms with Gasteiger partial charge in [-0.25, -0.2) is 0 Å². The van der Waals surface area contributed by atoms with E-state index >= 15 is 0 Å². The second-order valence-corrected chi connectivity index (χ2v) is 5.46. The maximum absolute atomic E-state index is 12.4. The summed E-state index contributed by atoms with van der Waals surface area (Å²) >= 11 is 0. The van der Waals surface area contributed by atoms with E-state index in [-0.39, 0.29) is 11.8 Å². The highest BCUT2D eigenvalue weighted by Gasteiger charge is 2.16. The van der Waals surface area contributed by atoms with E-state index in [1.165, 1.54) is 0 Å². The lowest BCUT2D eigenvalue weighted by atomic mass is 10.1. The summed E-state index contributed by atoms with van der Waals surface area (Å²) in [6, 6.07) is 12.7. The average Bonchev–Trinajstić information content (AvgIpc) is 3.09. The number of hydrogen-bond acceptors (Lipinski definition) is 5. The molecule has 6 nitrogen and oxygen atoms in total. The molecule has 3 aromatic rings. The highest BCUT2D eigenvalue weighted by Crippen LogP contribution is 2.35. The number of ether oxygens (including phenoxy) is 2. The molecule has 1 heterocycles. The summed E-state index contributed by atoms with van der Waals surface area (Å²) in [5.74, 6) is 1.21. The molecule has 1 aromatic heterocycles. The number of benzene rings is 2. The van der Waals surface area contributed by atoms with Crippen molar-refractivity contribution < 1.29 is 18.8 Å². The van der Waals surface area contributed by atoms with Crippen molar-refractivity contribution in [1.29, 1.82) is 0 Å². The van der Waals surface area contributed by atoms with E-state index < -0.39 is 0 Å². The Kier molecular flexibility index (Phi) is 4.70. The maximum Gasteiger partial charge on any atom is 0.258 e. The minimum Gasteiger partial charge on any atom is -0.493 e. The van der Waals surface area contributed by atoms with E-state index in [2.05, 4.69) is 10.5 Å². The zero-order chi connectivity index (χ0) is 17.8. The van der Waals surface area contributed by atoms with Gasteiger partial charge >= 0.3 is 0 Å². The Morgan fingerprint density at radius 3 is 2.60 bits per heavy atom. The van der Waals surface area contributed by atoms with E-state index in [0.29, 0.717) is 22.6 Å². The number of carbonyl (C=O) groups is 1. The van der Waals surface area contributed by atoms with Crippen molar-refractivity contribution in [2.75, 3.05) is 19.5 Å². The summed E-state index contributed by atoms with van der Waals surface area (Å²) in [6.45, 7) is 1.93. The van der Waals surface area contributed by atoms with Gasteiger partial charge in [0.2, 0.25) is 5.88 Å². The van der Waals surface area contributed by atoms with Crippen LogP contribution in [0.25, 0.3) is 11.1 Å². The van der Waals surface area contributed by atoms with Gasteiger partial charge in [0.1, 0.15) is 0 Å². The molecule has 0 bridgehead atoms.